The van der Waals surface area contributed by atoms with Crippen LogP contribution in [0.25, 0.3) is 0 Å². The molecule has 0 amide bonds. The third-order valence-electron chi connectivity index (χ3n) is 3.20. The summed E-state index contributed by atoms with van der Waals surface area (Å²) in [7, 11) is 1.91. The van der Waals surface area contributed by atoms with Crippen LogP contribution in [-0.4, -0.2) is 12.2 Å². The molecule has 0 aliphatic heterocycles. The molecule has 0 aliphatic rings. The Morgan fingerprint density at radius 3 is 2.35 bits per heavy atom. The van der Waals surface area contributed by atoms with Crippen LogP contribution in [0.4, 0.5) is 11.4 Å². The maximum absolute atomic E-state index is 9.55. The van der Waals surface area contributed by atoms with Crippen LogP contribution in [0.2, 0.25) is 5.02 Å². The van der Waals surface area contributed by atoms with Gasteiger partial charge in [0.15, 0.2) is 0 Å². The first-order chi connectivity index (χ1) is 9.52. The Morgan fingerprint density at radius 2 is 1.85 bits per heavy atom. The number of benzene rings is 2. The number of nitriles is 1. The number of hydrogen-bond donors (Lipinski definition) is 1. The highest BCUT2D eigenvalue weighted by molar-refractivity contribution is 6.33. The van der Waals surface area contributed by atoms with E-state index in [9.17, 15) is 5.11 Å². The molecule has 102 valence electrons. The van der Waals surface area contributed by atoms with E-state index in [0.717, 1.165) is 16.9 Å². The lowest BCUT2D eigenvalue weighted by atomic mass is 10.1. The van der Waals surface area contributed by atoms with Gasteiger partial charge in [0, 0.05) is 12.7 Å². The van der Waals surface area contributed by atoms with Gasteiger partial charge in [0.1, 0.15) is 0 Å². The lowest BCUT2D eigenvalue weighted by Gasteiger charge is -2.21. The van der Waals surface area contributed by atoms with Crippen molar-refractivity contribution >= 4 is 23.0 Å². The van der Waals surface area contributed by atoms with Gasteiger partial charge in [0.2, 0.25) is 0 Å². The van der Waals surface area contributed by atoms with Crippen LogP contribution in [0.1, 0.15) is 24.2 Å². The minimum absolute atomic E-state index is 0.540. The molecule has 0 radical (unpaired) electrons. The van der Waals surface area contributed by atoms with E-state index in [-0.39, 0.29) is 0 Å². The molecule has 3 nitrogen and oxygen atoms in total. The summed E-state index contributed by atoms with van der Waals surface area (Å²) >= 11 is 6.27. The van der Waals surface area contributed by atoms with Crippen molar-refractivity contribution < 1.29 is 5.11 Å². The topological polar surface area (TPSA) is 47.3 Å². The van der Waals surface area contributed by atoms with Gasteiger partial charge < -0.3 is 10.0 Å². The normalized spacial score (nSPS) is 11.8. The van der Waals surface area contributed by atoms with Crippen LogP contribution < -0.4 is 4.90 Å². The molecule has 0 spiro atoms. The fraction of sp³-hybridized carbons (Fsp3) is 0.188. The van der Waals surface area contributed by atoms with E-state index >= 15 is 0 Å². The van der Waals surface area contributed by atoms with E-state index < -0.39 is 6.10 Å². The first kappa shape index (κ1) is 14.4. The molecule has 2 rings (SSSR count). The highest BCUT2D eigenvalue weighted by Gasteiger charge is 2.10. The van der Waals surface area contributed by atoms with Crippen LogP contribution in [0.5, 0.6) is 0 Å². The Kier molecular flexibility index (Phi) is 4.29. The molecule has 1 atom stereocenters. The van der Waals surface area contributed by atoms with Crippen molar-refractivity contribution in [3.05, 3.63) is 58.6 Å². The zero-order chi connectivity index (χ0) is 14.7. The molecule has 20 heavy (non-hydrogen) atoms. The second kappa shape index (κ2) is 5.96. The Balaban J connectivity index is 2.33. The SMILES string of the molecule is C[C@@H](O)c1ccc(N(C)c2ccc(C#N)cc2)c(Cl)c1. The molecule has 1 N–H and O–H groups in total. The van der Waals surface area contributed by atoms with Crippen molar-refractivity contribution in [1.29, 1.82) is 5.26 Å². The summed E-state index contributed by atoms with van der Waals surface area (Å²) in [4.78, 5) is 1.94. The maximum atomic E-state index is 9.55. The Bertz CT molecular complexity index is 645. The third kappa shape index (κ3) is 2.93. The van der Waals surface area contributed by atoms with E-state index in [1.54, 1.807) is 25.1 Å². The predicted octanol–water partition coefficient (Wildman–Crippen LogP) is 4.03. The maximum Gasteiger partial charge on any atom is 0.0991 e. The lowest BCUT2D eigenvalue weighted by Crippen LogP contribution is -2.10. The minimum Gasteiger partial charge on any atom is -0.389 e. The van der Waals surface area contributed by atoms with E-state index in [4.69, 9.17) is 16.9 Å². The van der Waals surface area contributed by atoms with Gasteiger partial charge in [-0.2, -0.15) is 5.26 Å². The molecule has 0 aliphatic carbocycles. The average Bonchev–Trinajstić information content (AvgIpc) is 2.46. The fourth-order valence-corrected chi connectivity index (χ4v) is 2.27. The summed E-state index contributed by atoms with van der Waals surface area (Å²) in [6, 6.07) is 14.9. The summed E-state index contributed by atoms with van der Waals surface area (Å²) in [6.07, 6.45) is -0.540. The van der Waals surface area contributed by atoms with Crippen LogP contribution in [0, 0.1) is 11.3 Å². The molecule has 0 fully saturated rings. The summed E-state index contributed by atoms with van der Waals surface area (Å²) in [5.41, 5.74) is 3.20. The molecular formula is C16H15ClN2O. The number of nitrogens with zero attached hydrogens (tertiary/aromatic N) is 2. The molecule has 0 saturated carbocycles. The highest BCUT2D eigenvalue weighted by atomic mass is 35.5. The standard InChI is InChI=1S/C16H15ClN2O/c1-11(20)13-5-8-16(15(17)9-13)19(2)14-6-3-12(10-18)4-7-14/h3-9,11,20H,1-2H3/t11-/m1/s1. The van der Waals surface area contributed by atoms with Crippen molar-refractivity contribution in [2.24, 2.45) is 0 Å². The molecule has 0 unspecified atom stereocenters. The number of aliphatic hydroxyl groups excluding tert-OH is 1. The number of halogens is 1. The Morgan fingerprint density at radius 1 is 1.20 bits per heavy atom. The predicted molar refractivity (Wildman–Crippen MR) is 81.3 cm³/mol. The first-order valence-corrected chi connectivity index (χ1v) is 6.62. The van der Waals surface area contributed by atoms with Crippen molar-refractivity contribution in [1.82, 2.24) is 0 Å². The highest BCUT2D eigenvalue weighted by Crippen LogP contribution is 2.32. The Labute approximate surface area is 123 Å². The van der Waals surface area contributed by atoms with Crippen molar-refractivity contribution in [3.63, 3.8) is 0 Å². The number of anilines is 2. The van der Waals surface area contributed by atoms with Gasteiger partial charge in [-0.15, -0.1) is 0 Å². The molecular weight excluding hydrogens is 272 g/mol. The summed E-state index contributed by atoms with van der Waals surface area (Å²) < 4.78 is 0. The van der Waals surface area contributed by atoms with Crippen molar-refractivity contribution in [3.8, 4) is 6.07 Å². The molecule has 0 heterocycles. The van der Waals surface area contributed by atoms with E-state index in [1.807, 2.05) is 36.2 Å². The van der Waals surface area contributed by atoms with Crippen LogP contribution in [-0.2, 0) is 0 Å². The molecule has 2 aromatic carbocycles. The summed E-state index contributed by atoms with van der Waals surface area (Å²) in [5, 5.41) is 18.9. The number of rotatable bonds is 3. The van der Waals surface area contributed by atoms with Gasteiger partial charge in [-0.25, -0.2) is 0 Å². The number of hydrogen-bond acceptors (Lipinski definition) is 3. The zero-order valence-electron chi connectivity index (χ0n) is 11.3. The van der Waals surface area contributed by atoms with Gasteiger partial charge in [-0.1, -0.05) is 17.7 Å². The van der Waals surface area contributed by atoms with E-state index in [0.29, 0.717) is 10.6 Å². The third-order valence-corrected chi connectivity index (χ3v) is 3.50. The summed E-state index contributed by atoms with van der Waals surface area (Å²) in [6.45, 7) is 1.70. The van der Waals surface area contributed by atoms with Gasteiger partial charge in [0.05, 0.1) is 28.4 Å². The van der Waals surface area contributed by atoms with Gasteiger partial charge in [-0.05, 0) is 48.9 Å². The van der Waals surface area contributed by atoms with Crippen LogP contribution >= 0.6 is 11.6 Å². The monoisotopic (exact) mass is 286 g/mol. The smallest absolute Gasteiger partial charge is 0.0991 e. The largest absolute Gasteiger partial charge is 0.389 e. The first-order valence-electron chi connectivity index (χ1n) is 6.24. The van der Waals surface area contributed by atoms with E-state index in [1.165, 1.54) is 0 Å². The fourth-order valence-electron chi connectivity index (χ4n) is 1.95. The van der Waals surface area contributed by atoms with E-state index in [2.05, 4.69) is 6.07 Å². The van der Waals surface area contributed by atoms with Gasteiger partial charge >= 0.3 is 0 Å². The second-order valence-corrected chi connectivity index (χ2v) is 5.01. The van der Waals surface area contributed by atoms with Gasteiger partial charge in [0.25, 0.3) is 0 Å². The molecule has 0 bridgehead atoms. The molecule has 2 aromatic rings. The molecule has 4 heteroatoms. The van der Waals surface area contributed by atoms with Crippen LogP contribution in [0.3, 0.4) is 0 Å². The van der Waals surface area contributed by atoms with Crippen molar-refractivity contribution in [2.45, 2.75) is 13.0 Å². The molecule has 0 aromatic heterocycles. The quantitative estimate of drug-likeness (QED) is 0.926. The van der Waals surface area contributed by atoms with Gasteiger partial charge in [-0.3, -0.25) is 0 Å². The second-order valence-electron chi connectivity index (χ2n) is 4.60. The van der Waals surface area contributed by atoms with Crippen LogP contribution in [0.15, 0.2) is 42.5 Å². The summed E-state index contributed by atoms with van der Waals surface area (Å²) in [5.74, 6) is 0. The minimum atomic E-state index is -0.540. The molecule has 0 saturated heterocycles. The lowest BCUT2D eigenvalue weighted by molar-refractivity contribution is 0.199. The Hall–Kier alpha value is -2.02. The average molecular weight is 287 g/mol. The zero-order valence-corrected chi connectivity index (χ0v) is 12.1. The van der Waals surface area contributed by atoms with Crippen molar-refractivity contribution in [2.75, 3.05) is 11.9 Å². The number of aliphatic hydroxyl groups is 1.